The number of hydrogen-bond acceptors (Lipinski definition) is 4. The molecule has 3 N–H and O–H groups in total. The molecule has 0 bridgehead atoms. The topological polar surface area (TPSA) is 63.8 Å². The summed E-state index contributed by atoms with van der Waals surface area (Å²) in [5.41, 5.74) is 7.61. The highest BCUT2D eigenvalue weighted by Crippen LogP contribution is 2.22. The summed E-state index contributed by atoms with van der Waals surface area (Å²) in [7, 11) is 0. The Morgan fingerprint density at radius 2 is 2.05 bits per heavy atom. The number of nitrogens with two attached hydrogens (primary N) is 1. The van der Waals surface area contributed by atoms with Gasteiger partial charge in [-0.15, -0.1) is 5.10 Å². The molecule has 0 aliphatic carbocycles. The van der Waals surface area contributed by atoms with E-state index in [0.717, 1.165) is 12.0 Å². The Labute approximate surface area is 118 Å². The van der Waals surface area contributed by atoms with Crippen LogP contribution in [0.4, 0.5) is 5.82 Å². The molecule has 0 saturated carbocycles. The zero-order valence-corrected chi connectivity index (χ0v) is 11.5. The summed E-state index contributed by atoms with van der Waals surface area (Å²) in [5.74, 6) is 0.630. The molecule has 1 atom stereocenters. The lowest BCUT2D eigenvalue weighted by molar-refractivity contribution is 0.740. The second-order valence-corrected chi connectivity index (χ2v) is 4.61. The van der Waals surface area contributed by atoms with Crippen LogP contribution in [-0.4, -0.2) is 15.2 Å². The second kappa shape index (κ2) is 6.24. The fourth-order valence-corrected chi connectivity index (χ4v) is 2.07. The second-order valence-electron chi connectivity index (χ2n) is 4.17. The van der Waals surface area contributed by atoms with Gasteiger partial charge in [-0.05, 0) is 18.1 Å². The molecule has 0 spiro atoms. The number of hydrogen-bond donors (Lipinski definition) is 2. The smallest absolute Gasteiger partial charge is 0.159 e. The molecule has 0 aliphatic heterocycles. The molecule has 2 aromatic rings. The molecule has 0 radical (unpaired) electrons. The molecule has 2 rings (SSSR count). The van der Waals surface area contributed by atoms with E-state index >= 15 is 0 Å². The molecular weight excluding hydrogens is 256 g/mol. The van der Waals surface area contributed by atoms with Crippen molar-refractivity contribution in [2.45, 2.75) is 19.4 Å². The van der Waals surface area contributed by atoms with Crippen LogP contribution in [0.1, 0.15) is 30.5 Å². The van der Waals surface area contributed by atoms with Gasteiger partial charge in [0.05, 0.1) is 17.8 Å². The number of benzene rings is 1. The molecule has 0 amide bonds. The Kier molecular flexibility index (Phi) is 4.41. The average Bonchev–Trinajstić information content (AvgIpc) is 2.46. The summed E-state index contributed by atoms with van der Waals surface area (Å²) in [4.78, 5) is 0.320. The quantitative estimate of drug-likeness (QED) is 0.819. The van der Waals surface area contributed by atoms with Crippen LogP contribution in [0.25, 0.3) is 0 Å². The van der Waals surface area contributed by atoms with Crippen molar-refractivity contribution in [2.24, 2.45) is 5.73 Å². The highest BCUT2D eigenvalue weighted by Gasteiger charge is 2.13. The van der Waals surface area contributed by atoms with Crippen molar-refractivity contribution in [1.29, 1.82) is 0 Å². The highest BCUT2D eigenvalue weighted by molar-refractivity contribution is 7.80. The molecule has 1 aromatic carbocycles. The molecule has 5 heteroatoms. The summed E-state index contributed by atoms with van der Waals surface area (Å²) in [6.45, 7) is 2.11. The number of nitrogens with zero attached hydrogens (tertiary/aromatic N) is 2. The van der Waals surface area contributed by atoms with E-state index in [1.54, 1.807) is 12.3 Å². The van der Waals surface area contributed by atoms with Gasteiger partial charge in [-0.25, -0.2) is 0 Å². The first-order chi connectivity index (χ1) is 9.22. The third kappa shape index (κ3) is 3.26. The summed E-state index contributed by atoms with van der Waals surface area (Å²) < 4.78 is 0. The van der Waals surface area contributed by atoms with Crippen LogP contribution in [0.15, 0.2) is 42.6 Å². The number of nitrogens with one attached hydrogen (secondary N) is 1. The minimum Gasteiger partial charge on any atom is -0.389 e. The highest BCUT2D eigenvalue weighted by atomic mass is 32.1. The van der Waals surface area contributed by atoms with Crippen LogP contribution in [0, 0.1) is 0 Å². The van der Waals surface area contributed by atoms with E-state index in [9.17, 15) is 0 Å². The van der Waals surface area contributed by atoms with Crippen molar-refractivity contribution in [3.05, 3.63) is 53.7 Å². The fraction of sp³-hybridized carbons (Fsp3) is 0.214. The maximum absolute atomic E-state index is 5.69. The molecule has 1 unspecified atom stereocenters. The van der Waals surface area contributed by atoms with E-state index in [4.69, 9.17) is 18.0 Å². The van der Waals surface area contributed by atoms with Crippen LogP contribution >= 0.6 is 12.2 Å². The lowest BCUT2D eigenvalue weighted by Crippen LogP contribution is -2.17. The standard InChI is InChI=1S/C14H16N4S/c1-2-12(10-6-4-3-5-7-10)17-14-11(13(15)19)8-9-16-18-14/h3-9,12H,2H2,1H3,(H2,15,19)(H,17,18). The van der Waals surface area contributed by atoms with Crippen molar-refractivity contribution >= 4 is 23.0 Å². The SMILES string of the molecule is CCC(Nc1nnccc1C(N)=S)c1ccccc1. The summed E-state index contributed by atoms with van der Waals surface area (Å²) in [6.07, 6.45) is 2.51. The van der Waals surface area contributed by atoms with Crippen molar-refractivity contribution in [1.82, 2.24) is 10.2 Å². The maximum atomic E-state index is 5.69. The molecule has 1 heterocycles. The van der Waals surface area contributed by atoms with Gasteiger partial charge in [-0.1, -0.05) is 49.5 Å². The normalized spacial score (nSPS) is 11.8. The average molecular weight is 272 g/mol. The Balaban J connectivity index is 2.27. The Morgan fingerprint density at radius 1 is 1.32 bits per heavy atom. The molecule has 4 nitrogen and oxygen atoms in total. The molecule has 1 aromatic heterocycles. The largest absolute Gasteiger partial charge is 0.389 e. The van der Waals surface area contributed by atoms with Crippen LogP contribution in [0.5, 0.6) is 0 Å². The van der Waals surface area contributed by atoms with E-state index in [1.807, 2.05) is 18.2 Å². The predicted octanol–water partition coefficient (Wildman–Crippen LogP) is 2.67. The van der Waals surface area contributed by atoms with E-state index in [1.165, 1.54) is 5.56 Å². The number of aromatic nitrogens is 2. The third-order valence-corrected chi connectivity index (χ3v) is 3.13. The van der Waals surface area contributed by atoms with Gasteiger partial charge in [0.2, 0.25) is 0 Å². The van der Waals surface area contributed by atoms with Gasteiger partial charge in [0, 0.05) is 0 Å². The minimum atomic E-state index is 0.158. The molecule has 98 valence electrons. The van der Waals surface area contributed by atoms with Crippen LogP contribution in [0.2, 0.25) is 0 Å². The number of rotatable bonds is 5. The monoisotopic (exact) mass is 272 g/mol. The molecule has 0 fully saturated rings. The van der Waals surface area contributed by atoms with Crippen molar-refractivity contribution in [2.75, 3.05) is 5.32 Å². The van der Waals surface area contributed by atoms with Gasteiger partial charge >= 0.3 is 0 Å². The number of thiocarbonyl (C=S) groups is 1. The van der Waals surface area contributed by atoms with Gasteiger partial charge in [-0.3, -0.25) is 0 Å². The first kappa shape index (κ1) is 13.4. The van der Waals surface area contributed by atoms with Gasteiger partial charge < -0.3 is 11.1 Å². The van der Waals surface area contributed by atoms with E-state index in [0.29, 0.717) is 10.8 Å². The Bertz CT molecular complexity index is 556. The minimum absolute atomic E-state index is 0.158. The van der Waals surface area contributed by atoms with E-state index in [-0.39, 0.29) is 6.04 Å². The van der Waals surface area contributed by atoms with Crippen molar-refractivity contribution < 1.29 is 0 Å². The zero-order valence-electron chi connectivity index (χ0n) is 10.7. The first-order valence-electron chi connectivity index (χ1n) is 6.15. The summed E-state index contributed by atoms with van der Waals surface area (Å²) in [5, 5.41) is 11.3. The fourth-order valence-electron chi connectivity index (χ4n) is 1.91. The first-order valence-corrected chi connectivity index (χ1v) is 6.56. The zero-order chi connectivity index (χ0) is 13.7. The molecule has 0 aliphatic rings. The van der Waals surface area contributed by atoms with Crippen LogP contribution in [0.3, 0.4) is 0 Å². The van der Waals surface area contributed by atoms with Crippen molar-refractivity contribution in [3.8, 4) is 0 Å². The molecule has 19 heavy (non-hydrogen) atoms. The predicted molar refractivity (Wildman–Crippen MR) is 81.0 cm³/mol. The Hall–Kier alpha value is -2.01. The van der Waals surface area contributed by atoms with Crippen LogP contribution in [-0.2, 0) is 0 Å². The van der Waals surface area contributed by atoms with Crippen LogP contribution < -0.4 is 11.1 Å². The van der Waals surface area contributed by atoms with Gasteiger partial charge in [0.25, 0.3) is 0 Å². The van der Waals surface area contributed by atoms with E-state index in [2.05, 4.69) is 34.6 Å². The maximum Gasteiger partial charge on any atom is 0.159 e. The summed E-state index contributed by atoms with van der Waals surface area (Å²) >= 11 is 5.03. The van der Waals surface area contributed by atoms with Crippen molar-refractivity contribution in [3.63, 3.8) is 0 Å². The Morgan fingerprint density at radius 3 is 2.68 bits per heavy atom. The lowest BCUT2D eigenvalue weighted by Gasteiger charge is -2.19. The molecule has 0 saturated heterocycles. The van der Waals surface area contributed by atoms with Gasteiger partial charge in [0.1, 0.15) is 4.99 Å². The van der Waals surface area contributed by atoms with Gasteiger partial charge in [-0.2, -0.15) is 5.10 Å². The summed E-state index contributed by atoms with van der Waals surface area (Å²) in [6, 6.07) is 12.1. The van der Waals surface area contributed by atoms with E-state index < -0.39 is 0 Å². The van der Waals surface area contributed by atoms with Gasteiger partial charge in [0.15, 0.2) is 5.82 Å². The third-order valence-electron chi connectivity index (χ3n) is 2.91. The molecular formula is C14H16N4S. The number of anilines is 1. The lowest BCUT2D eigenvalue weighted by atomic mass is 10.0.